The molecular formula is C15H28N4O2. The quantitative estimate of drug-likeness (QED) is 0.831. The molecular weight excluding hydrogens is 268 g/mol. The molecule has 0 bridgehead atoms. The molecule has 2 N–H and O–H groups in total. The lowest BCUT2D eigenvalue weighted by Crippen LogP contribution is -2.59. The van der Waals surface area contributed by atoms with Crippen LogP contribution < -0.4 is 5.73 Å². The van der Waals surface area contributed by atoms with Gasteiger partial charge in [-0.05, 0) is 26.7 Å². The molecule has 1 heterocycles. The van der Waals surface area contributed by atoms with E-state index in [9.17, 15) is 9.59 Å². The van der Waals surface area contributed by atoms with Crippen LogP contribution >= 0.6 is 0 Å². The van der Waals surface area contributed by atoms with Crippen molar-refractivity contribution in [3.05, 3.63) is 0 Å². The molecule has 21 heavy (non-hydrogen) atoms. The normalized spacial score (nSPS) is 20.9. The number of amides is 3. The van der Waals surface area contributed by atoms with Gasteiger partial charge in [-0.15, -0.1) is 0 Å². The summed E-state index contributed by atoms with van der Waals surface area (Å²) in [5.74, 6) is 0.200. The van der Waals surface area contributed by atoms with Crippen molar-refractivity contribution >= 4 is 11.9 Å². The molecule has 1 saturated carbocycles. The molecule has 0 aromatic carbocycles. The summed E-state index contributed by atoms with van der Waals surface area (Å²) in [7, 11) is 0. The van der Waals surface area contributed by atoms with Gasteiger partial charge in [0.05, 0.1) is 5.41 Å². The largest absolute Gasteiger partial charge is 0.339 e. The maximum Gasteiger partial charge on any atom is 0.320 e. The van der Waals surface area contributed by atoms with Crippen LogP contribution in [0.1, 0.15) is 33.1 Å². The van der Waals surface area contributed by atoms with E-state index < -0.39 is 0 Å². The Labute approximate surface area is 127 Å². The molecule has 2 aliphatic rings. The molecule has 2 fully saturated rings. The summed E-state index contributed by atoms with van der Waals surface area (Å²) in [4.78, 5) is 30.5. The Kier molecular flexibility index (Phi) is 5.08. The van der Waals surface area contributed by atoms with Gasteiger partial charge in [0.1, 0.15) is 0 Å². The van der Waals surface area contributed by atoms with Crippen molar-refractivity contribution in [2.24, 2.45) is 11.1 Å². The number of carbonyl (C=O) groups is 2. The zero-order valence-corrected chi connectivity index (χ0v) is 13.3. The first-order valence-corrected chi connectivity index (χ1v) is 8.11. The molecule has 0 aromatic rings. The average molecular weight is 296 g/mol. The lowest BCUT2D eigenvalue weighted by molar-refractivity contribution is -0.148. The van der Waals surface area contributed by atoms with E-state index >= 15 is 0 Å². The summed E-state index contributed by atoms with van der Waals surface area (Å²) in [5, 5.41) is 0. The lowest BCUT2D eigenvalue weighted by Gasteiger charge is -2.45. The number of piperazine rings is 1. The van der Waals surface area contributed by atoms with E-state index in [1.54, 1.807) is 0 Å². The Bertz CT molecular complexity index is 378. The van der Waals surface area contributed by atoms with Gasteiger partial charge in [-0.2, -0.15) is 0 Å². The summed E-state index contributed by atoms with van der Waals surface area (Å²) in [6, 6.07) is 0.0873. The van der Waals surface area contributed by atoms with E-state index in [1.165, 1.54) is 0 Å². The maximum absolute atomic E-state index is 12.6. The summed E-state index contributed by atoms with van der Waals surface area (Å²) >= 11 is 0. The van der Waals surface area contributed by atoms with Crippen LogP contribution in [-0.2, 0) is 4.79 Å². The first kappa shape index (κ1) is 16.1. The van der Waals surface area contributed by atoms with E-state index in [1.807, 2.05) is 28.5 Å². The monoisotopic (exact) mass is 296 g/mol. The number of carbonyl (C=O) groups excluding carboxylic acids is 2. The summed E-state index contributed by atoms with van der Waals surface area (Å²) in [5.41, 5.74) is 5.51. The first-order chi connectivity index (χ1) is 10.1. The van der Waals surface area contributed by atoms with Gasteiger partial charge in [-0.3, -0.25) is 4.79 Å². The topological polar surface area (TPSA) is 69.9 Å². The highest BCUT2D eigenvalue weighted by Gasteiger charge is 2.45. The fraction of sp³-hybridized carbons (Fsp3) is 0.867. The van der Waals surface area contributed by atoms with Gasteiger partial charge in [0, 0.05) is 45.8 Å². The molecule has 0 radical (unpaired) electrons. The summed E-state index contributed by atoms with van der Waals surface area (Å²) in [6.45, 7) is 8.40. The number of hydrogen-bond acceptors (Lipinski definition) is 3. The van der Waals surface area contributed by atoms with Crippen molar-refractivity contribution < 1.29 is 9.59 Å². The third-order valence-corrected chi connectivity index (χ3v) is 5.03. The van der Waals surface area contributed by atoms with Gasteiger partial charge in [0.25, 0.3) is 0 Å². The predicted molar refractivity (Wildman–Crippen MR) is 81.8 cm³/mol. The van der Waals surface area contributed by atoms with Crippen LogP contribution in [0.25, 0.3) is 0 Å². The van der Waals surface area contributed by atoms with E-state index in [0.29, 0.717) is 32.7 Å². The Hall–Kier alpha value is -1.30. The van der Waals surface area contributed by atoms with E-state index in [0.717, 1.165) is 32.4 Å². The highest BCUT2D eigenvalue weighted by atomic mass is 16.2. The Morgan fingerprint density at radius 2 is 1.57 bits per heavy atom. The third-order valence-electron chi connectivity index (χ3n) is 5.03. The predicted octanol–water partition coefficient (Wildman–Crippen LogP) is 0.721. The minimum absolute atomic E-state index is 0.0873. The zero-order chi connectivity index (χ0) is 15.5. The second-order valence-corrected chi connectivity index (χ2v) is 6.07. The Morgan fingerprint density at radius 3 is 1.95 bits per heavy atom. The van der Waals surface area contributed by atoms with Crippen molar-refractivity contribution in [1.82, 2.24) is 14.7 Å². The summed E-state index contributed by atoms with van der Waals surface area (Å²) < 4.78 is 0. The molecule has 1 saturated heterocycles. The third kappa shape index (κ3) is 3.00. The molecule has 0 atom stereocenters. The second kappa shape index (κ2) is 6.64. The number of rotatable bonds is 4. The minimum Gasteiger partial charge on any atom is -0.339 e. The first-order valence-electron chi connectivity index (χ1n) is 8.11. The van der Waals surface area contributed by atoms with Crippen molar-refractivity contribution in [1.29, 1.82) is 0 Å². The number of nitrogens with two attached hydrogens (primary N) is 1. The molecule has 1 aliphatic heterocycles. The molecule has 1 aliphatic carbocycles. The van der Waals surface area contributed by atoms with Gasteiger partial charge < -0.3 is 20.4 Å². The zero-order valence-electron chi connectivity index (χ0n) is 13.3. The molecule has 2 rings (SSSR count). The standard InChI is InChI=1S/C15H28N4O2/c1-3-17(4-2)14(21)19-10-8-18(9-11-19)13(20)15(12-16)6-5-7-15/h3-12,16H2,1-2H3. The van der Waals surface area contributed by atoms with Crippen molar-refractivity contribution in [3.8, 4) is 0 Å². The fourth-order valence-corrected chi connectivity index (χ4v) is 3.24. The minimum atomic E-state index is -0.301. The number of nitrogens with zero attached hydrogens (tertiary/aromatic N) is 3. The fourth-order valence-electron chi connectivity index (χ4n) is 3.24. The second-order valence-electron chi connectivity index (χ2n) is 6.07. The van der Waals surface area contributed by atoms with E-state index in [2.05, 4.69) is 0 Å². The average Bonchev–Trinajstić information content (AvgIpc) is 2.48. The number of hydrogen-bond donors (Lipinski definition) is 1. The van der Waals surface area contributed by atoms with Gasteiger partial charge in [0.15, 0.2) is 0 Å². The molecule has 0 unspecified atom stereocenters. The highest BCUT2D eigenvalue weighted by molar-refractivity contribution is 5.84. The van der Waals surface area contributed by atoms with Crippen LogP contribution in [0.4, 0.5) is 4.79 Å². The van der Waals surface area contributed by atoms with Crippen LogP contribution in [0.3, 0.4) is 0 Å². The van der Waals surface area contributed by atoms with Gasteiger partial charge in [0.2, 0.25) is 5.91 Å². The van der Waals surface area contributed by atoms with Gasteiger partial charge >= 0.3 is 6.03 Å². The Balaban J connectivity index is 1.88. The van der Waals surface area contributed by atoms with Gasteiger partial charge in [-0.1, -0.05) is 6.42 Å². The van der Waals surface area contributed by atoms with Crippen LogP contribution in [0.2, 0.25) is 0 Å². The Morgan fingerprint density at radius 1 is 1.05 bits per heavy atom. The number of urea groups is 1. The highest BCUT2D eigenvalue weighted by Crippen LogP contribution is 2.41. The maximum atomic E-state index is 12.6. The molecule has 120 valence electrons. The lowest BCUT2D eigenvalue weighted by atomic mass is 9.67. The molecule has 0 spiro atoms. The summed E-state index contributed by atoms with van der Waals surface area (Å²) in [6.07, 6.45) is 2.94. The van der Waals surface area contributed by atoms with Crippen LogP contribution in [0.15, 0.2) is 0 Å². The van der Waals surface area contributed by atoms with Crippen LogP contribution in [-0.4, -0.2) is 72.5 Å². The molecule has 0 aromatic heterocycles. The van der Waals surface area contributed by atoms with Crippen molar-refractivity contribution in [2.45, 2.75) is 33.1 Å². The SMILES string of the molecule is CCN(CC)C(=O)N1CCN(C(=O)C2(CN)CCC2)CC1. The van der Waals surface area contributed by atoms with E-state index in [4.69, 9.17) is 5.73 Å². The molecule has 6 nitrogen and oxygen atoms in total. The van der Waals surface area contributed by atoms with Crippen LogP contribution in [0.5, 0.6) is 0 Å². The smallest absolute Gasteiger partial charge is 0.320 e. The molecule has 3 amide bonds. The van der Waals surface area contributed by atoms with E-state index in [-0.39, 0.29) is 17.4 Å². The van der Waals surface area contributed by atoms with Gasteiger partial charge in [-0.25, -0.2) is 4.79 Å². The van der Waals surface area contributed by atoms with Crippen molar-refractivity contribution in [2.75, 3.05) is 45.8 Å². The molecule has 6 heteroatoms. The van der Waals surface area contributed by atoms with Crippen LogP contribution in [0, 0.1) is 5.41 Å². The van der Waals surface area contributed by atoms with Crippen molar-refractivity contribution in [3.63, 3.8) is 0 Å².